The SMILES string of the molecule is Cn1cc(CNC(=O)Nc2ccc(Oc3ccnc4cc(Cl)ccc34)c(F)c2)cn1. The Hall–Kier alpha value is -3.65. The summed E-state index contributed by atoms with van der Waals surface area (Å²) in [7, 11) is 1.79. The third kappa shape index (κ3) is 4.49. The normalized spacial score (nSPS) is 10.8. The van der Waals surface area contributed by atoms with Gasteiger partial charge in [-0.05, 0) is 36.4 Å². The van der Waals surface area contributed by atoms with Crippen LogP contribution in [0.5, 0.6) is 11.5 Å². The molecule has 0 saturated carbocycles. The molecule has 7 nitrogen and oxygen atoms in total. The first-order chi connectivity index (χ1) is 14.5. The Morgan fingerprint density at radius 2 is 2.07 bits per heavy atom. The third-order valence-corrected chi connectivity index (χ3v) is 4.52. The van der Waals surface area contributed by atoms with Crippen LogP contribution in [0.3, 0.4) is 0 Å². The number of urea groups is 1. The summed E-state index contributed by atoms with van der Waals surface area (Å²) in [4.78, 5) is 16.3. The number of halogens is 2. The van der Waals surface area contributed by atoms with Crippen molar-refractivity contribution in [3.05, 3.63) is 77.5 Å². The van der Waals surface area contributed by atoms with Crippen molar-refractivity contribution in [2.45, 2.75) is 6.54 Å². The second kappa shape index (κ2) is 8.38. The Morgan fingerprint density at radius 1 is 1.20 bits per heavy atom. The van der Waals surface area contributed by atoms with Crippen LogP contribution < -0.4 is 15.4 Å². The lowest BCUT2D eigenvalue weighted by molar-refractivity contribution is 0.251. The molecule has 0 atom stereocenters. The van der Waals surface area contributed by atoms with Crippen molar-refractivity contribution in [2.75, 3.05) is 5.32 Å². The van der Waals surface area contributed by atoms with Crippen LogP contribution in [0.2, 0.25) is 5.02 Å². The van der Waals surface area contributed by atoms with Crippen molar-refractivity contribution < 1.29 is 13.9 Å². The Labute approximate surface area is 176 Å². The Balaban J connectivity index is 1.44. The molecule has 30 heavy (non-hydrogen) atoms. The van der Waals surface area contributed by atoms with Crippen LogP contribution in [0.1, 0.15) is 5.56 Å². The predicted molar refractivity (Wildman–Crippen MR) is 112 cm³/mol. The summed E-state index contributed by atoms with van der Waals surface area (Å²) >= 11 is 5.99. The second-order valence-electron chi connectivity index (χ2n) is 6.55. The zero-order valence-corrected chi connectivity index (χ0v) is 16.7. The van der Waals surface area contributed by atoms with Gasteiger partial charge in [0.2, 0.25) is 0 Å². The molecule has 2 N–H and O–H groups in total. The van der Waals surface area contributed by atoms with Gasteiger partial charge in [-0.2, -0.15) is 5.10 Å². The highest BCUT2D eigenvalue weighted by Gasteiger charge is 2.11. The van der Waals surface area contributed by atoms with Gasteiger partial charge in [0.05, 0.1) is 11.7 Å². The summed E-state index contributed by atoms with van der Waals surface area (Å²) in [5.74, 6) is -0.136. The van der Waals surface area contributed by atoms with E-state index >= 15 is 0 Å². The van der Waals surface area contributed by atoms with Gasteiger partial charge in [0.25, 0.3) is 0 Å². The van der Waals surface area contributed by atoms with Crippen LogP contribution in [0.15, 0.2) is 61.1 Å². The molecule has 0 aliphatic heterocycles. The lowest BCUT2D eigenvalue weighted by Crippen LogP contribution is -2.28. The van der Waals surface area contributed by atoms with Crippen molar-refractivity contribution in [2.24, 2.45) is 7.05 Å². The molecule has 0 saturated heterocycles. The van der Waals surface area contributed by atoms with E-state index in [0.29, 0.717) is 33.9 Å². The number of aromatic nitrogens is 3. The summed E-state index contributed by atoms with van der Waals surface area (Å²) in [5, 5.41) is 10.6. The van der Waals surface area contributed by atoms with Crippen LogP contribution in [-0.2, 0) is 13.6 Å². The first-order valence-electron chi connectivity index (χ1n) is 9.02. The lowest BCUT2D eigenvalue weighted by atomic mass is 10.2. The van der Waals surface area contributed by atoms with E-state index in [1.165, 1.54) is 12.1 Å². The van der Waals surface area contributed by atoms with Gasteiger partial charge in [-0.1, -0.05) is 11.6 Å². The highest BCUT2D eigenvalue weighted by Crippen LogP contribution is 2.32. The molecule has 0 bridgehead atoms. The van der Waals surface area contributed by atoms with Gasteiger partial charge in [-0.3, -0.25) is 9.67 Å². The van der Waals surface area contributed by atoms with Gasteiger partial charge in [0.15, 0.2) is 11.6 Å². The topological polar surface area (TPSA) is 81.1 Å². The van der Waals surface area contributed by atoms with Gasteiger partial charge in [-0.25, -0.2) is 9.18 Å². The van der Waals surface area contributed by atoms with Crippen molar-refractivity contribution >= 4 is 34.2 Å². The van der Waals surface area contributed by atoms with E-state index < -0.39 is 11.8 Å². The van der Waals surface area contributed by atoms with Crippen LogP contribution in [0, 0.1) is 5.82 Å². The summed E-state index contributed by atoms with van der Waals surface area (Å²) in [6, 6.07) is 10.6. The van der Waals surface area contributed by atoms with Crippen LogP contribution >= 0.6 is 11.6 Å². The number of amides is 2. The minimum atomic E-state index is -0.612. The summed E-state index contributed by atoms with van der Waals surface area (Å²) in [6.07, 6.45) is 5.01. The number of nitrogens with zero attached hydrogens (tertiary/aromatic N) is 3. The maximum absolute atomic E-state index is 14.6. The van der Waals surface area contributed by atoms with Crippen LogP contribution in [0.4, 0.5) is 14.9 Å². The van der Waals surface area contributed by atoms with Gasteiger partial charge in [0, 0.05) is 53.7 Å². The molecule has 9 heteroatoms. The van der Waals surface area contributed by atoms with E-state index in [1.54, 1.807) is 60.7 Å². The number of pyridine rings is 1. The van der Waals surface area contributed by atoms with Gasteiger partial charge < -0.3 is 15.4 Å². The van der Waals surface area contributed by atoms with Crippen molar-refractivity contribution in [3.63, 3.8) is 0 Å². The number of rotatable bonds is 5. The maximum Gasteiger partial charge on any atom is 0.319 e. The van der Waals surface area contributed by atoms with Crippen molar-refractivity contribution in [1.29, 1.82) is 0 Å². The minimum Gasteiger partial charge on any atom is -0.454 e. The Kier molecular flexibility index (Phi) is 5.49. The standard InChI is InChI=1S/C21H17ClFN5O2/c1-28-12-13(11-26-28)10-25-21(29)27-15-3-5-20(17(23)9-15)30-19-6-7-24-18-8-14(22)2-4-16(18)19/h2-9,11-12H,10H2,1H3,(H2,25,27,29). The molecule has 2 amide bonds. The molecular weight excluding hydrogens is 409 g/mol. The minimum absolute atomic E-state index is 0.0266. The van der Waals surface area contributed by atoms with E-state index in [-0.39, 0.29) is 5.75 Å². The number of aryl methyl sites for hydroxylation is 1. The number of benzene rings is 2. The predicted octanol–water partition coefficient (Wildman–Crippen LogP) is 4.87. The number of fused-ring (bicyclic) bond motifs is 1. The molecule has 0 aliphatic rings. The second-order valence-corrected chi connectivity index (χ2v) is 6.98. The van der Waals surface area contributed by atoms with Gasteiger partial charge in [0.1, 0.15) is 5.75 Å². The number of anilines is 1. The molecule has 0 aliphatic carbocycles. The van der Waals surface area contributed by atoms with E-state index in [4.69, 9.17) is 16.3 Å². The Morgan fingerprint density at radius 3 is 2.83 bits per heavy atom. The molecule has 4 rings (SSSR count). The smallest absolute Gasteiger partial charge is 0.319 e. The fourth-order valence-electron chi connectivity index (χ4n) is 2.88. The van der Waals surface area contributed by atoms with Crippen LogP contribution in [-0.4, -0.2) is 20.8 Å². The largest absolute Gasteiger partial charge is 0.454 e. The monoisotopic (exact) mass is 425 g/mol. The number of nitrogens with one attached hydrogen (secondary N) is 2. The lowest BCUT2D eigenvalue weighted by Gasteiger charge is -2.11. The van der Waals surface area contributed by atoms with E-state index in [1.807, 2.05) is 0 Å². The van der Waals surface area contributed by atoms with E-state index in [0.717, 1.165) is 5.56 Å². The summed E-state index contributed by atoms with van der Waals surface area (Å²) in [5.41, 5.74) is 1.80. The van der Waals surface area contributed by atoms with Crippen molar-refractivity contribution in [1.82, 2.24) is 20.1 Å². The highest BCUT2D eigenvalue weighted by atomic mass is 35.5. The van der Waals surface area contributed by atoms with Crippen LogP contribution in [0.25, 0.3) is 10.9 Å². The Bertz CT molecular complexity index is 1230. The molecule has 4 aromatic rings. The number of hydrogen-bond donors (Lipinski definition) is 2. The summed E-state index contributed by atoms with van der Waals surface area (Å²) < 4.78 is 21.9. The quantitative estimate of drug-likeness (QED) is 0.477. The molecular formula is C21H17ClFN5O2. The molecule has 0 unspecified atom stereocenters. The molecule has 0 radical (unpaired) electrons. The number of ether oxygens (including phenoxy) is 1. The highest BCUT2D eigenvalue weighted by molar-refractivity contribution is 6.31. The zero-order chi connectivity index (χ0) is 21.1. The first kappa shape index (κ1) is 19.7. The maximum atomic E-state index is 14.6. The van der Waals surface area contributed by atoms with Gasteiger partial charge >= 0.3 is 6.03 Å². The number of hydrogen-bond acceptors (Lipinski definition) is 4. The average molecular weight is 426 g/mol. The average Bonchev–Trinajstić information content (AvgIpc) is 3.13. The van der Waals surface area contributed by atoms with Gasteiger partial charge in [-0.15, -0.1) is 0 Å². The summed E-state index contributed by atoms with van der Waals surface area (Å²) in [6.45, 7) is 0.308. The molecule has 2 heterocycles. The van der Waals surface area contributed by atoms with E-state index in [2.05, 4.69) is 20.7 Å². The fourth-order valence-corrected chi connectivity index (χ4v) is 3.05. The third-order valence-electron chi connectivity index (χ3n) is 4.29. The molecule has 2 aromatic heterocycles. The molecule has 2 aromatic carbocycles. The zero-order valence-electron chi connectivity index (χ0n) is 15.9. The number of carbonyl (C=O) groups excluding carboxylic acids is 1. The molecule has 0 spiro atoms. The number of carbonyl (C=O) groups is 1. The molecule has 0 fully saturated rings. The van der Waals surface area contributed by atoms with E-state index in [9.17, 15) is 9.18 Å². The first-order valence-corrected chi connectivity index (χ1v) is 9.40. The molecule has 152 valence electrons. The fraction of sp³-hybridized carbons (Fsp3) is 0.0952. The van der Waals surface area contributed by atoms with Crippen molar-refractivity contribution in [3.8, 4) is 11.5 Å².